The molecule has 1 aromatic carbocycles. The van der Waals surface area contributed by atoms with Gasteiger partial charge in [-0.25, -0.2) is 0 Å². The van der Waals surface area contributed by atoms with Crippen molar-refractivity contribution in [3.63, 3.8) is 0 Å². The van der Waals surface area contributed by atoms with Crippen molar-refractivity contribution in [2.75, 3.05) is 13.1 Å². The standard InChI is InChI=1S/C19H29NO/c1-14(2)15-7-5-12-20(13-11-15)18-10-9-16-6-3-4-8-17(16)19(18)21/h3-4,6,8,14-15,18-19,21H,5,7,9-13H2,1-2H3. The van der Waals surface area contributed by atoms with Crippen LogP contribution in [0.15, 0.2) is 24.3 Å². The highest BCUT2D eigenvalue weighted by atomic mass is 16.3. The summed E-state index contributed by atoms with van der Waals surface area (Å²) in [5.41, 5.74) is 2.51. The maximum atomic E-state index is 10.8. The summed E-state index contributed by atoms with van der Waals surface area (Å²) in [5, 5.41) is 10.8. The highest BCUT2D eigenvalue weighted by Gasteiger charge is 2.33. The van der Waals surface area contributed by atoms with Gasteiger partial charge in [0.15, 0.2) is 0 Å². The topological polar surface area (TPSA) is 23.5 Å². The Kier molecular flexibility index (Phi) is 4.66. The molecule has 3 unspecified atom stereocenters. The molecular weight excluding hydrogens is 258 g/mol. The summed E-state index contributed by atoms with van der Waals surface area (Å²) in [6, 6.07) is 8.75. The SMILES string of the molecule is CC(C)C1CCCN(C2CCc3ccccc3C2O)CC1. The Morgan fingerprint density at radius 3 is 2.71 bits per heavy atom. The quantitative estimate of drug-likeness (QED) is 0.894. The van der Waals surface area contributed by atoms with E-state index in [4.69, 9.17) is 0 Å². The summed E-state index contributed by atoms with van der Waals surface area (Å²) in [6.07, 6.45) is 5.85. The Morgan fingerprint density at radius 1 is 1.10 bits per heavy atom. The number of aliphatic hydroxyl groups excluding tert-OH is 1. The number of hydrogen-bond donors (Lipinski definition) is 1. The lowest BCUT2D eigenvalue weighted by Gasteiger charge is -2.38. The Hall–Kier alpha value is -0.860. The van der Waals surface area contributed by atoms with Gasteiger partial charge in [0.05, 0.1) is 6.10 Å². The van der Waals surface area contributed by atoms with Crippen molar-refractivity contribution in [3.8, 4) is 0 Å². The fourth-order valence-corrected chi connectivity index (χ4v) is 4.24. The van der Waals surface area contributed by atoms with Gasteiger partial charge in [0, 0.05) is 6.04 Å². The van der Waals surface area contributed by atoms with E-state index in [0.29, 0.717) is 6.04 Å². The molecule has 116 valence electrons. The van der Waals surface area contributed by atoms with Crippen LogP contribution in [0.4, 0.5) is 0 Å². The van der Waals surface area contributed by atoms with Gasteiger partial charge in [0.1, 0.15) is 0 Å². The Morgan fingerprint density at radius 2 is 1.90 bits per heavy atom. The summed E-state index contributed by atoms with van der Waals surface area (Å²) in [5.74, 6) is 1.66. The minimum Gasteiger partial charge on any atom is -0.387 e. The predicted molar refractivity (Wildman–Crippen MR) is 87.3 cm³/mol. The van der Waals surface area contributed by atoms with Gasteiger partial charge in [-0.1, -0.05) is 38.1 Å². The first kappa shape index (κ1) is 15.1. The lowest BCUT2D eigenvalue weighted by Crippen LogP contribution is -2.43. The van der Waals surface area contributed by atoms with E-state index in [9.17, 15) is 5.11 Å². The number of aliphatic hydroxyl groups is 1. The van der Waals surface area contributed by atoms with Gasteiger partial charge in [-0.05, 0) is 68.2 Å². The first-order chi connectivity index (χ1) is 10.2. The highest BCUT2D eigenvalue weighted by molar-refractivity contribution is 5.32. The minimum atomic E-state index is -0.300. The molecule has 2 nitrogen and oxygen atoms in total. The summed E-state index contributed by atoms with van der Waals surface area (Å²) < 4.78 is 0. The van der Waals surface area contributed by atoms with Crippen LogP contribution in [0.3, 0.4) is 0 Å². The van der Waals surface area contributed by atoms with Crippen LogP contribution in [-0.2, 0) is 6.42 Å². The third kappa shape index (κ3) is 3.17. The zero-order valence-electron chi connectivity index (χ0n) is 13.5. The predicted octanol–water partition coefficient (Wildman–Crippen LogP) is 3.79. The van der Waals surface area contributed by atoms with E-state index in [2.05, 4.69) is 43.0 Å². The fourth-order valence-electron chi connectivity index (χ4n) is 4.24. The molecule has 21 heavy (non-hydrogen) atoms. The summed E-state index contributed by atoms with van der Waals surface area (Å²) in [4.78, 5) is 2.57. The average molecular weight is 287 g/mol. The van der Waals surface area contributed by atoms with E-state index in [0.717, 1.165) is 37.8 Å². The lowest BCUT2D eigenvalue weighted by atomic mass is 9.85. The number of aryl methyl sites for hydroxylation is 1. The van der Waals surface area contributed by atoms with Gasteiger partial charge in [0.25, 0.3) is 0 Å². The van der Waals surface area contributed by atoms with E-state index < -0.39 is 0 Å². The molecule has 0 radical (unpaired) electrons. The number of rotatable bonds is 2. The first-order valence-corrected chi connectivity index (χ1v) is 8.66. The maximum Gasteiger partial charge on any atom is 0.0947 e. The lowest BCUT2D eigenvalue weighted by molar-refractivity contribution is 0.0368. The van der Waals surface area contributed by atoms with Gasteiger partial charge in [-0.3, -0.25) is 4.90 Å². The molecule has 0 spiro atoms. The molecule has 1 aliphatic heterocycles. The molecule has 1 saturated heterocycles. The smallest absolute Gasteiger partial charge is 0.0947 e. The molecule has 1 N–H and O–H groups in total. The monoisotopic (exact) mass is 287 g/mol. The van der Waals surface area contributed by atoms with Crippen LogP contribution in [0.2, 0.25) is 0 Å². The molecule has 2 aliphatic rings. The van der Waals surface area contributed by atoms with Crippen LogP contribution < -0.4 is 0 Å². The molecule has 1 aromatic rings. The Labute approximate surface area is 129 Å². The van der Waals surface area contributed by atoms with Crippen LogP contribution >= 0.6 is 0 Å². The molecule has 0 amide bonds. The normalized spacial score (nSPS) is 31.0. The molecule has 1 fully saturated rings. The Balaban J connectivity index is 1.70. The van der Waals surface area contributed by atoms with E-state index in [-0.39, 0.29) is 6.10 Å². The van der Waals surface area contributed by atoms with Crippen LogP contribution in [-0.4, -0.2) is 29.1 Å². The van der Waals surface area contributed by atoms with Gasteiger partial charge < -0.3 is 5.11 Å². The van der Waals surface area contributed by atoms with E-state index in [1.807, 2.05) is 0 Å². The molecular formula is C19H29NO. The Bertz CT molecular complexity index is 470. The molecule has 2 heteroatoms. The van der Waals surface area contributed by atoms with Crippen molar-refractivity contribution in [2.45, 2.75) is 58.1 Å². The van der Waals surface area contributed by atoms with E-state index in [1.54, 1.807) is 0 Å². The van der Waals surface area contributed by atoms with Gasteiger partial charge in [-0.2, -0.15) is 0 Å². The molecule has 0 bridgehead atoms. The molecule has 1 aliphatic carbocycles. The highest BCUT2D eigenvalue weighted by Crippen LogP contribution is 2.35. The van der Waals surface area contributed by atoms with Crippen molar-refractivity contribution >= 4 is 0 Å². The number of benzene rings is 1. The summed E-state index contributed by atoms with van der Waals surface area (Å²) >= 11 is 0. The van der Waals surface area contributed by atoms with Crippen molar-refractivity contribution in [3.05, 3.63) is 35.4 Å². The third-order valence-corrected chi connectivity index (χ3v) is 5.67. The first-order valence-electron chi connectivity index (χ1n) is 8.66. The van der Waals surface area contributed by atoms with Crippen LogP contribution in [0, 0.1) is 11.8 Å². The second-order valence-electron chi connectivity index (χ2n) is 7.22. The van der Waals surface area contributed by atoms with Crippen molar-refractivity contribution in [1.82, 2.24) is 4.90 Å². The van der Waals surface area contributed by atoms with E-state index in [1.165, 1.54) is 30.4 Å². The summed E-state index contributed by atoms with van der Waals surface area (Å²) in [6.45, 7) is 7.03. The van der Waals surface area contributed by atoms with E-state index >= 15 is 0 Å². The number of fused-ring (bicyclic) bond motifs is 1. The van der Waals surface area contributed by atoms with Gasteiger partial charge in [0.2, 0.25) is 0 Å². The molecule has 0 saturated carbocycles. The summed E-state index contributed by atoms with van der Waals surface area (Å²) in [7, 11) is 0. The minimum absolute atomic E-state index is 0.300. The van der Waals surface area contributed by atoms with Gasteiger partial charge >= 0.3 is 0 Å². The average Bonchev–Trinajstić information content (AvgIpc) is 2.74. The van der Waals surface area contributed by atoms with Crippen LogP contribution in [0.25, 0.3) is 0 Å². The fraction of sp³-hybridized carbons (Fsp3) is 0.684. The number of hydrogen-bond acceptors (Lipinski definition) is 2. The van der Waals surface area contributed by atoms with Crippen LogP contribution in [0.1, 0.15) is 56.8 Å². The second kappa shape index (κ2) is 6.50. The van der Waals surface area contributed by atoms with Crippen molar-refractivity contribution in [2.24, 2.45) is 11.8 Å². The zero-order valence-corrected chi connectivity index (χ0v) is 13.5. The largest absolute Gasteiger partial charge is 0.387 e. The maximum absolute atomic E-state index is 10.8. The second-order valence-corrected chi connectivity index (χ2v) is 7.22. The van der Waals surface area contributed by atoms with Crippen LogP contribution in [0.5, 0.6) is 0 Å². The van der Waals surface area contributed by atoms with Crippen molar-refractivity contribution < 1.29 is 5.11 Å². The zero-order chi connectivity index (χ0) is 14.8. The third-order valence-electron chi connectivity index (χ3n) is 5.67. The molecule has 1 heterocycles. The molecule has 3 atom stereocenters. The molecule has 0 aromatic heterocycles. The van der Waals surface area contributed by atoms with Gasteiger partial charge in [-0.15, -0.1) is 0 Å². The number of likely N-dealkylation sites (tertiary alicyclic amines) is 1. The van der Waals surface area contributed by atoms with Crippen molar-refractivity contribution in [1.29, 1.82) is 0 Å². The number of nitrogens with zero attached hydrogens (tertiary/aromatic N) is 1. The molecule has 3 rings (SSSR count).